The molecule has 126 valence electrons. The van der Waals surface area contributed by atoms with Crippen molar-refractivity contribution in [3.63, 3.8) is 0 Å². The minimum Gasteiger partial charge on any atom is -0.493 e. The lowest BCUT2D eigenvalue weighted by atomic mass is 10.2. The molecule has 2 rings (SSSR count). The van der Waals surface area contributed by atoms with Gasteiger partial charge in [0.2, 0.25) is 0 Å². The average Bonchev–Trinajstić information content (AvgIpc) is 2.61. The first kappa shape index (κ1) is 18.2. The number of hydrogen-bond donors (Lipinski definition) is 1. The molecule has 0 aromatic heterocycles. The van der Waals surface area contributed by atoms with E-state index in [9.17, 15) is 4.79 Å². The Morgan fingerprint density at radius 1 is 1.21 bits per heavy atom. The number of amides is 1. The molecule has 1 amide bonds. The first-order valence-corrected chi connectivity index (χ1v) is 8.52. The van der Waals surface area contributed by atoms with E-state index in [-0.39, 0.29) is 0 Å². The van der Waals surface area contributed by atoms with Crippen LogP contribution >= 0.6 is 23.4 Å². The van der Waals surface area contributed by atoms with Crippen LogP contribution in [-0.4, -0.2) is 31.8 Å². The fourth-order valence-corrected chi connectivity index (χ4v) is 2.56. The number of halogens is 1. The highest BCUT2D eigenvalue weighted by atomic mass is 35.5. The second kappa shape index (κ2) is 9.85. The van der Waals surface area contributed by atoms with E-state index in [1.54, 1.807) is 11.8 Å². The number of carbonyl (C=O) groups excluding carboxylic acids is 1. The van der Waals surface area contributed by atoms with Crippen molar-refractivity contribution in [2.75, 3.05) is 19.5 Å². The van der Waals surface area contributed by atoms with E-state index in [4.69, 9.17) is 16.3 Å². The number of nitrogens with one attached hydrogen (secondary N) is 1. The zero-order valence-electron chi connectivity index (χ0n) is 13.1. The zero-order chi connectivity index (χ0) is 17.2. The summed E-state index contributed by atoms with van der Waals surface area (Å²) in [6.45, 7) is 0.602. The molecule has 0 radical (unpaired) electrons. The van der Waals surface area contributed by atoms with Gasteiger partial charge in [-0.2, -0.15) is 5.10 Å². The van der Waals surface area contributed by atoms with Gasteiger partial charge in [0.25, 0.3) is 0 Å². The molecule has 0 aliphatic carbocycles. The maximum atomic E-state index is 10.8. The normalized spacial score (nSPS) is 10.6. The number of carbonyl (C=O) groups is 1. The Balaban J connectivity index is 1.71. The van der Waals surface area contributed by atoms with E-state index < -0.39 is 6.09 Å². The lowest BCUT2D eigenvalue weighted by Gasteiger charge is -2.06. The molecule has 0 fully saturated rings. The van der Waals surface area contributed by atoms with Gasteiger partial charge in [-0.25, -0.2) is 10.2 Å². The van der Waals surface area contributed by atoms with E-state index in [0.29, 0.717) is 6.61 Å². The molecule has 0 aliphatic heterocycles. The molecule has 0 saturated carbocycles. The highest BCUT2D eigenvalue weighted by Gasteiger charge is 1.98. The summed E-state index contributed by atoms with van der Waals surface area (Å²) < 4.78 is 10.1. The maximum Gasteiger partial charge on any atom is 0.427 e. The Hall–Kier alpha value is -2.18. The third kappa shape index (κ3) is 6.52. The highest BCUT2D eigenvalue weighted by molar-refractivity contribution is 7.99. The summed E-state index contributed by atoms with van der Waals surface area (Å²) >= 11 is 7.56. The quantitative estimate of drug-likeness (QED) is 0.346. The predicted octanol–water partition coefficient (Wildman–Crippen LogP) is 4.20. The van der Waals surface area contributed by atoms with Crippen LogP contribution in [0.3, 0.4) is 0 Å². The van der Waals surface area contributed by atoms with Crippen LogP contribution in [0.25, 0.3) is 0 Å². The van der Waals surface area contributed by atoms with Crippen molar-refractivity contribution in [1.29, 1.82) is 0 Å². The molecule has 0 atom stereocenters. The van der Waals surface area contributed by atoms with E-state index in [2.05, 4.69) is 15.3 Å². The minimum atomic E-state index is -0.607. The topological polar surface area (TPSA) is 59.9 Å². The molecule has 0 aliphatic rings. The Morgan fingerprint density at radius 3 is 2.58 bits per heavy atom. The SMILES string of the molecule is COC(=O)NN=Cc1ccc(OCCSc2ccc(Cl)cc2)cc1. The molecule has 1 N–H and O–H groups in total. The monoisotopic (exact) mass is 364 g/mol. The highest BCUT2D eigenvalue weighted by Crippen LogP contribution is 2.20. The van der Waals surface area contributed by atoms with Crippen LogP contribution in [0.15, 0.2) is 58.5 Å². The average molecular weight is 365 g/mol. The molecule has 0 bridgehead atoms. The number of ether oxygens (including phenoxy) is 2. The summed E-state index contributed by atoms with van der Waals surface area (Å²) in [7, 11) is 1.28. The maximum absolute atomic E-state index is 10.8. The van der Waals surface area contributed by atoms with Crippen molar-refractivity contribution in [2.45, 2.75) is 4.90 Å². The van der Waals surface area contributed by atoms with Crippen molar-refractivity contribution in [3.8, 4) is 5.75 Å². The van der Waals surface area contributed by atoms with Crippen LogP contribution in [0.1, 0.15) is 5.56 Å². The van der Waals surface area contributed by atoms with E-state index in [1.165, 1.54) is 13.3 Å². The first-order valence-electron chi connectivity index (χ1n) is 7.15. The van der Waals surface area contributed by atoms with Crippen LogP contribution in [-0.2, 0) is 4.74 Å². The number of hydrazone groups is 1. The van der Waals surface area contributed by atoms with E-state index in [0.717, 1.165) is 27.0 Å². The molecule has 24 heavy (non-hydrogen) atoms. The smallest absolute Gasteiger partial charge is 0.427 e. The Morgan fingerprint density at radius 2 is 1.92 bits per heavy atom. The molecule has 5 nitrogen and oxygen atoms in total. The third-order valence-corrected chi connectivity index (χ3v) is 4.10. The number of nitrogens with zero attached hydrogens (tertiary/aromatic N) is 1. The Bertz CT molecular complexity index is 675. The number of rotatable bonds is 7. The summed E-state index contributed by atoms with van der Waals surface area (Å²) in [4.78, 5) is 12.0. The summed E-state index contributed by atoms with van der Waals surface area (Å²) in [6.07, 6.45) is 0.918. The van der Waals surface area contributed by atoms with Crippen LogP contribution in [0.5, 0.6) is 5.75 Å². The lowest BCUT2D eigenvalue weighted by molar-refractivity contribution is 0.171. The summed E-state index contributed by atoms with van der Waals surface area (Å²) in [5.41, 5.74) is 3.06. The molecule has 0 saturated heterocycles. The van der Waals surface area contributed by atoms with Gasteiger partial charge in [-0.15, -0.1) is 11.8 Å². The number of benzene rings is 2. The van der Waals surface area contributed by atoms with Gasteiger partial charge < -0.3 is 9.47 Å². The first-order chi connectivity index (χ1) is 11.7. The molecular weight excluding hydrogens is 348 g/mol. The van der Waals surface area contributed by atoms with Crippen LogP contribution in [0, 0.1) is 0 Å². The van der Waals surface area contributed by atoms with Crippen LogP contribution < -0.4 is 10.2 Å². The molecule has 7 heteroatoms. The molecule has 2 aromatic rings. The number of thioether (sulfide) groups is 1. The summed E-state index contributed by atoms with van der Waals surface area (Å²) in [5, 5.41) is 4.49. The van der Waals surface area contributed by atoms with Gasteiger partial charge in [0, 0.05) is 15.7 Å². The van der Waals surface area contributed by atoms with Crippen molar-refractivity contribution in [1.82, 2.24) is 5.43 Å². The Labute approximate surface area is 150 Å². The number of methoxy groups -OCH3 is 1. The van der Waals surface area contributed by atoms with Gasteiger partial charge in [-0.3, -0.25) is 0 Å². The molecule has 0 unspecified atom stereocenters. The third-order valence-electron chi connectivity index (χ3n) is 2.87. The van der Waals surface area contributed by atoms with Crippen molar-refractivity contribution >= 4 is 35.7 Å². The van der Waals surface area contributed by atoms with Gasteiger partial charge in [-0.1, -0.05) is 11.6 Å². The van der Waals surface area contributed by atoms with Crippen LogP contribution in [0.4, 0.5) is 4.79 Å². The van der Waals surface area contributed by atoms with Crippen LogP contribution in [0.2, 0.25) is 5.02 Å². The van der Waals surface area contributed by atoms with Crippen molar-refractivity contribution < 1.29 is 14.3 Å². The number of hydrogen-bond acceptors (Lipinski definition) is 5. The van der Waals surface area contributed by atoms with E-state index in [1.807, 2.05) is 48.5 Å². The summed E-state index contributed by atoms with van der Waals surface area (Å²) in [5.74, 6) is 1.62. The van der Waals surface area contributed by atoms with Gasteiger partial charge >= 0.3 is 6.09 Å². The molecule has 0 spiro atoms. The molecule has 2 aromatic carbocycles. The molecular formula is C17H17ClN2O3S. The predicted molar refractivity (Wildman–Crippen MR) is 97.2 cm³/mol. The standard InChI is InChI=1S/C17H17ClN2O3S/c1-22-17(21)20-19-12-13-2-6-15(7-3-13)23-10-11-24-16-8-4-14(18)5-9-16/h2-9,12H,10-11H2,1H3,(H,20,21). The second-order valence-corrected chi connectivity index (χ2v) is 6.19. The van der Waals surface area contributed by atoms with Crippen molar-refractivity contribution in [2.24, 2.45) is 5.10 Å². The summed E-state index contributed by atoms with van der Waals surface area (Å²) in [6, 6.07) is 15.1. The minimum absolute atomic E-state index is 0.602. The van der Waals surface area contributed by atoms with Gasteiger partial charge in [0.1, 0.15) is 5.75 Å². The largest absolute Gasteiger partial charge is 0.493 e. The second-order valence-electron chi connectivity index (χ2n) is 4.58. The fraction of sp³-hybridized carbons (Fsp3) is 0.176. The van der Waals surface area contributed by atoms with Gasteiger partial charge in [-0.05, 0) is 54.1 Å². The van der Waals surface area contributed by atoms with Gasteiger partial charge in [0.05, 0.1) is 19.9 Å². The lowest BCUT2D eigenvalue weighted by Crippen LogP contribution is -2.16. The Kier molecular flexibility index (Phi) is 7.45. The van der Waals surface area contributed by atoms with Crippen molar-refractivity contribution in [3.05, 3.63) is 59.1 Å². The fourth-order valence-electron chi connectivity index (χ4n) is 1.71. The zero-order valence-corrected chi connectivity index (χ0v) is 14.6. The van der Waals surface area contributed by atoms with E-state index >= 15 is 0 Å². The molecule has 0 heterocycles. The van der Waals surface area contributed by atoms with Gasteiger partial charge in [0.15, 0.2) is 0 Å².